The van der Waals surface area contributed by atoms with Crippen LogP contribution in [-0.4, -0.2) is 0 Å². The van der Waals surface area contributed by atoms with E-state index in [1.165, 1.54) is 0 Å². The average Bonchev–Trinajstić information content (AvgIpc) is 2.65. The monoisotopic (exact) mass is 220 g/mol. The van der Waals surface area contributed by atoms with E-state index >= 15 is 0 Å². The lowest BCUT2D eigenvalue weighted by atomic mass is 10.1. The van der Waals surface area contributed by atoms with Crippen LogP contribution in [0.1, 0.15) is 17.7 Å². The molecule has 0 N–H and O–H groups in total. The van der Waals surface area contributed by atoms with Crippen molar-refractivity contribution >= 4 is 22.6 Å². The number of halogens is 1. The molecule has 15 heavy (non-hydrogen) atoms. The maximum atomic E-state index is 12.0. The van der Waals surface area contributed by atoms with Gasteiger partial charge in [-0.15, -0.1) is 0 Å². The molecule has 0 spiro atoms. The van der Waals surface area contributed by atoms with E-state index in [2.05, 4.69) is 0 Å². The lowest BCUT2D eigenvalue weighted by Gasteiger charge is -2.01. The molecule has 0 unspecified atom stereocenters. The minimum absolute atomic E-state index is 0.111. The van der Waals surface area contributed by atoms with Gasteiger partial charge in [-0.2, -0.15) is 0 Å². The quantitative estimate of drug-likeness (QED) is 0.683. The fourth-order valence-corrected chi connectivity index (χ4v) is 2.29. The first-order valence-electron chi connectivity index (χ1n) is 5.00. The summed E-state index contributed by atoms with van der Waals surface area (Å²) in [7, 11) is 0. The van der Waals surface area contributed by atoms with E-state index in [1.54, 1.807) is 18.2 Å². The van der Waals surface area contributed by atoms with Gasteiger partial charge in [0.15, 0.2) is 5.43 Å². The Hall–Kier alpha value is -1.28. The van der Waals surface area contributed by atoms with Crippen molar-refractivity contribution in [3.05, 3.63) is 44.8 Å². The Kier molecular flexibility index (Phi) is 1.86. The number of benzene rings is 1. The first-order valence-corrected chi connectivity index (χ1v) is 5.37. The van der Waals surface area contributed by atoms with Gasteiger partial charge in [-0.25, -0.2) is 0 Å². The standard InChI is InChI=1S/C12H9ClO2/c13-7-4-5-9-11(6-7)15-10-3-1-2-8(10)12(9)14/h4-6H,1-3H2. The van der Waals surface area contributed by atoms with Gasteiger partial charge in [0.1, 0.15) is 11.3 Å². The van der Waals surface area contributed by atoms with Crippen molar-refractivity contribution in [3.63, 3.8) is 0 Å². The zero-order valence-electron chi connectivity index (χ0n) is 8.05. The summed E-state index contributed by atoms with van der Waals surface area (Å²) < 4.78 is 5.68. The number of rotatable bonds is 0. The van der Waals surface area contributed by atoms with E-state index in [9.17, 15) is 4.79 Å². The van der Waals surface area contributed by atoms with Crippen LogP contribution in [0.5, 0.6) is 0 Å². The SMILES string of the molecule is O=c1c2c(oc3cc(Cl)ccc13)CCC2. The van der Waals surface area contributed by atoms with Gasteiger partial charge >= 0.3 is 0 Å². The molecule has 1 aliphatic rings. The van der Waals surface area contributed by atoms with E-state index in [4.69, 9.17) is 16.0 Å². The highest BCUT2D eigenvalue weighted by atomic mass is 35.5. The largest absolute Gasteiger partial charge is 0.460 e. The van der Waals surface area contributed by atoms with Crippen LogP contribution in [0.4, 0.5) is 0 Å². The van der Waals surface area contributed by atoms with Crippen LogP contribution in [0, 0.1) is 0 Å². The second-order valence-electron chi connectivity index (χ2n) is 3.83. The maximum absolute atomic E-state index is 12.0. The summed E-state index contributed by atoms with van der Waals surface area (Å²) in [5.41, 5.74) is 1.57. The molecular weight excluding hydrogens is 212 g/mol. The minimum Gasteiger partial charge on any atom is -0.460 e. The van der Waals surface area contributed by atoms with Gasteiger partial charge in [0.2, 0.25) is 0 Å². The molecule has 0 aliphatic heterocycles. The summed E-state index contributed by atoms with van der Waals surface area (Å²) in [4.78, 5) is 12.0. The zero-order valence-corrected chi connectivity index (χ0v) is 8.80. The van der Waals surface area contributed by atoms with E-state index in [-0.39, 0.29) is 5.43 Å². The van der Waals surface area contributed by atoms with E-state index < -0.39 is 0 Å². The molecule has 0 saturated carbocycles. The summed E-state index contributed by atoms with van der Waals surface area (Å²) in [5.74, 6) is 0.842. The number of fused-ring (bicyclic) bond motifs is 2. The first-order chi connectivity index (χ1) is 7.25. The molecule has 0 bridgehead atoms. The zero-order chi connectivity index (χ0) is 10.4. The van der Waals surface area contributed by atoms with Gasteiger partial charge in [-0.1, -0.05) is 11.6 Å². The van der Waals surface area contributed by atoms with Crippen molar-refractivity contribution in [2.75, 3.05) is 0 Å². The highest BCUT2D eigenvalue weighted by Crippen LogP contribution is 2.25. The van der Waals surface area contributed by atoms with E-state index in [1.807, 2.05) is 0 Å². The van der Waals surface area contributed by atoms with Crippen LogP contribution >= 0.6 is 11.6 Å². The Bertz CT molecular complexity index is 598. The Morgan fingerprint density at radius 1 is 1.27 bits per heavy atom. The van der Waals surface area contributed by atoms with Crippen LogP contribution in [0.25, 0.3) is 11.0 Å². The van der Waals surface area contributed by atoms with Crippen molar-refractivity contribution in [1.82, 2.24) is 0 Å². The highest BCUT2D eigenvalue weighted by molar-refractivity contribution is 6.31. The maximum Gasteiger partial charge on any atom is 0.196 e. The number of hydrogen-bond acceptors (Lipinski definition) is 2. The summed E-state index contributed by atoms with van der Waals surface area (Å²) in [6.45, 7) is 0. The second kappa shape index (κ2) is 3.11. The number of hydrogen-bond donors (Lipinski definition) is 0. The second-order valence-corrected chi connectivity index (χ2v) is 4.26. The van der Waals surface area contributed by atoms with Crippen molar-refractivity contribution in [3.8, 4) is 0 Å². The van der Waals surface area contributed by atoms with Crippen LogP contribution in [0.15, 0.2) is 27.4 Å². The average molecular weight is 221 g/mol. The third-order valence-electron chi connectivity index (χ3n) is 2.86. The predicted molar refractivity (Wildman–Crippen MR) is 59.5 cm³/mol. The predicted octanol–water partition coefficient (Wildman–Crippen LogP) is 2.94. The molecule has 0 fully saturated rings. The van der Waals surface area contributed by atoms with Crippen LogP contribution < -0.4 is 5.43 Å². The summed E-state index contributed by atoms with van der Waals surface area (Å²) in [6, 6.07) is 5.17. The molecule has 1 aromatic heterocycles. The van der Waals surface area contributed by atoms with E-state index in [0.717, 1.165) is 30.6 Å². The fraction of sp³-hybridized carbons (Fsp3) is 0.250. The Labute approximate surface area is 91.5 Å². The molecule has 0 amide bonds. The summed E-state index contributed by atoms with van der Waals surface area (Å²) in [6.07, 6.45) is 2.72. The molecule has 3 heteroatoms. The van der Waals surface area contributed by atoms with Gasteiger partial charge in [0, 0.05) is 23.1 Å². The first kappa shape index (κ1) is 8.98. The molecule has 1 aromatic carbocycles. The van der Waals surface area contributed by atoms with Gasteiger partial charge < -0.3 is 4.42 Å². The molecule has 76 valence electrons. The number of aryl methyl sites for hydroxylation is 1. The molecule has 1 aliphatic carbocycles. The van der Waals surface area contributed by atoms with Crippen LogP contribution in [0.3, 0.4) is 0 Å². The smallest absolute Gasteiger partial charge is 0.196 e. The lowest BCUT2D eigenvalue weighted by molar-refractivity contribution is 0.545. The topological polar surface area (TPSA) is 30.2 Å². The summed E-state index contributed by atoms with van der Waals surface area (Å²) >= 11 is 5.86. The third kappa shape index (κ3) is 1.29. The van der Waals surface area contributed by atoms with Crippen molar-refractivity contribution in [2.24, 2.45) is 0 Å². The summed E-state index contributed by atoms with van der Waals surface area (Å²) in [5, 5.41) is 1.24. The van der Waals surface area contributed by atoms with Crippen LogP contribution in [0.2, 0.25) is 5.02 Å². The molecule has 2 nitrogen and oxygen atoms in total. The molecule has 3 rings (SSSR count). The minimum atomic E-state index is 0.111. The van der Waals surface area contributed by atoms with E-state index in [0.29, 0.717) is 16.0 Å². The van der Waals surface area contributed by atoms with Gasteiger partial charge in [-0.05, 0) is 25.0 Å². The lowest BCUT2D eigenvalue weighted by Crippen LogP contribution is -2.08. The van der Waals surface area contributed by atoms with Gasteiger partial charge in [0.25, 0.3) is 0 Å². The van der Waals surface area contributed by atoms with Gasteiger partial charge in [0.05, 0.1) is 5.39 Å². The molecule has 0 atom stereocenters. The van der Waals surface area contributed by atoms with Gasteiger partial charge in [-0.3, -0.25) is 4.79 Å². The van der Waals surface area contributed by atoms with Crippen molar-refractivity contribution in [2.45, 2.75) is 19.3 Å². The molecular formula is C12H9ClO2. The normalized spacial score (nSPS) is 14.5. The molecule has 0 radical (unpaired) electrons. The Morgan fingerprint density at radius 2 is 2.13 bits per heavy atom. The van der Waals surface area contributed by atoms with Crippen molar-refractivity contribution < 1.29 is 4.42 Å². The molecule has 2 aromatic rings. The fourth-order valence-electron chi connectivity index (χ4n) is 2.13. The molecule has 1 heterocycles. The molecule has 0 saturated heterocycles. The third-order valence-corrected chi connectivity index (χ3v) is 3.10. The highest BCUT2D eigenvalue weighted by Gasteiger charge is 2.18. The Morgan fingerprint density at radius 3 is 3.00 bits per heavy atom. The Balaban J connectivity index is 2.46. The van der Waals surface area contributed by atoms with Crippen molar-refractivity contribution in [1.29, 1.82) is 0 Å². The van der Waals surface area contributed by atoms with Crippen LogP contribution in [-0.2, 0) is 12.8 Å².